The molecular weight excluding hydrogens is 293 g/mol. The largest absolute Gasteiger partial charge is 0.366 e. The number of nitrogens with two attached hydrogens (primary N) is 1. The molecule has 23 heavy (non-hydrogen) atoms. The van der Waals surface area contributed by atoms with Crippen molar-refractivity contribution in [2.24, 2.45) is 0 Å². The van der Waals surface area contributed by atoms with E-state index < -0.39 is 0 Å². The van der Waals surface area contributed by atoms with Crippen molar-refractivity contribution in [2.75, 3.05) is 11.1 Å². The average Bonchev–Trinajstić information content (AvgIpc) is 2.96. The van der Waals surface area contributed by atoms with Crippen LogP contribution < -0.4 is 11.1 Å². The van der Waals surface area contributed by atoms with Crippen LogP contribution in [0.15, 0.2) is 54.6 Å². The summed E-state index contributed by atoms with van der Waals surface area (Å²) < 4.78 is 15.0. The minimum absolute atomic E-state index is 0.0399. The summed E-state index contributed by atoms with van der Waals surface area (Å²) in [6.45, 7) is 0. The van der Waals surface area contributed by atoms with Crippen molar-refractivity contribution >= 4 is 11.9 Å². The zero-order chi connectivity index (χ0) is 15.8. The Morgan fingerprint density at radius 1 is 1.04 bits per heavy atom. The van der Waals surface area contributed by atoms with Gasteiger partial charge in [0.05, 0.1) is 12.1 Å². The zero-order valence-corrected chi connectivity index (χ0v) is 12.4. The molecule has 1 aliphatic heterocycles. The van der Waals surface area contributed by atoms with E-state index in [9.17, 15) is 4.39 Å². The van der Waals surface area contributed by atoms with E-state index in [1.54, 1.807) is 16.8 Å². The van der Waals surface area contributed by atoms with Crippen LogP contribution in [-0.2, 0) is 0 Å². The minimum Gasteiger partial charge on any atom is -0.366 e. The van der Waals surface area contributed by atoms with E-state index in [-0.39, 0.29) is 23.8 Å². The molecule has 3 aromatic rings. The normalized spacial score (nSPS) is 19.9. The number of hydrogen-bond acceptors (Lipinski definition) is 4. The molecule has 2 atom stereocenters. The maximum Gasteiger partial charge on any atom is 0.241 e. The third-order valence-electron chi connectivity index (χ3n) is 4.16. The maximum atomic E-state index is 13.2. The lowest BCUT2D eigenvalue weighted by Crippen LogP contribution is -2.28. The predicted molar refractivity (Wildman–Crippen MR) is 86.4 cm³/mol. The molecule has 4 rings (SSSR count). The number of aromatic nitrogens is 3. The molecule has 0 bridgehead atoms. The summed E-state index contributed by atoms with van der Waals surface area (Å²) in [5, 5.41) is 7.67. The molecular formula is C17H16FN5. The van der Waals surface area contributed by atoms with Gasteiger partial charge in [0.15, 0.2) is 0 Å². The van der Waals surface area contributed by atoms with Gasteiger partial charge >= 0.3 is 0 Å². The highest BCUT2D eigenvalue weighted by molar-refractivity contribution is 5.41. The molecule has 0 unspecified atom stereocenters. The quantitative estimate of drug-likeness (QED) is 0.763. The summed E-state index contributed by atoms with van der Waals surface area (Å²) in [6.07, 6.45) is 0.783. The third kappa shape index (κ3) is 2.52. The summed E-state index contributed by atoms with van der Waals surface area (Å²) in [4.78, 5) is 4.26. The van der Waals surface area contributed by atoms with Gasteiger partial charge in [0.1, 0.15) is 5.82 Å². The molecule has 116 valence electrons. The van der Waals surface area contributed by atoms with Crippen molar-refractivity contribution < 1.29 is 4.39 Å². The van der Waals surface area contributed by atoms with E-state index in [4.69, 9.17) is 5.73 Å². The van der Waals surface area contributed by atoms with Crippen LogP contribution in [0.1, 0.15) is 29.6 Å². The molecule has 0 radical (unpaired) electrons. The lowest BCUT2D eigenvalue weighted by atomic mass is 9.93. The average molecular weight is 309 g/mol. The predicted octanol–water partition coefficient (Wildman–Crippen LogP) is 3.15. The van der Waals surface area contributed by atoms with Gasteiger partial charge in [-0.05, 0) is 29.7 Å². The van der Waals surface area contributed by atoms with E-state index in [1.165, 1.54) is 17.7 Å². The molecule has 0 spiro atoms. The Hall–Kier alpha value is -2.89. The first kappa shape index (κ1) is 13.8. The molecule has 2 heterocycles. The molecule has 3 N–H and O–H groups in total. The van der Waals surface area contributed by atoms with Gasteiger partial charge in [-0.25, -0.2) is 9.07 Å². The second kappa shape index (κ2) is 5.39. The lowest BCUT2D eigenvalue weighted by Gasteiger charge is -2.31. The van der Waals surface area contributed by atoms with E-state index in [1.807, 2.05) is 18.2 Å². The van der Waals surface area contributed by atoms with Crippen molar-refractivity contribution in [3.8, 4) is 0 Å². The molecule has 0 aliphatic carbocycles. The summed E-state index contributed by atoms with van der Waals surface area (Å²) in [5.74, 6) is 0.617. The maximum absolute atomic E-state index is 13.2. The molecule has 6 heteroatoms. The molecule has 2 aromatic carbocycles. The van der Waals surface area contributed by atoms with Crippen molar-refractivity contribution in [1.29, 1.82) is 0 Å². The van der Waals surface area contributed by atoms with Gasteiger partial charge < -0.3 is 11.1 Å². The SMILES string of the molecule is Nc1nc2n(n1)[C@H](c1ccc(F)cc1)C[C@@H](c1ccccc1)N2. The molecule has 0 saturated heterocycles. The number of nitrogens with one attached hydrogen (secondary N) is 1. The molecule has 0 saturated carbocycles. The summed E-state index contributed by atoms with van der Waals surface area (Å²) in [6, 6.07) is 16.7. The fraction of sp³-hybridized carbons (Fsp3) is 0.176. The van der Waals surface area contributed by atoms with Gasteiger partial charge in [-0.2, -0.15) is 4.98 Å². The Bertz CT molecular complexity index is 813. The fourth-order valence-corrected chi connectivity index (χ4v) is 3.06. The van der Waals surface area contributed by atoms with E-state index in [2.05, 4.69) is 27.5 Å². The molecule has 0 fully saturated rings. The number of halogens is 1. The number of nitrogen functional groups attached to an aromatic ring is 1. The molecule has 1 aromatic heterocycles. The van der Waals surface area contributed by atoms with Crippen LogP contribution in [0.5, 0.6) is 0 Å². The topological polar surface area (TPSA) is 68.8 Å². The zero-order valence-electron chi connectivity index (χ0n) is 12.4. The Kier molecular flexibility index (Phi) is 3.22. The first-order valence-corrected chi connectivity index (χ1v) is 7.49. The smallest absolute Gasteiger partial charge is 0.241 e. The first-order valence-electron chi connectivity index (χ1n) is 7.49. The second-order valence-corrected chi connectivity index (χ2v) is 5.65. The molecule has 1 aliphatic rings. The van der Waals surface area contributed by atoms with Crippen molar-refractivity contribution in [3.05, 3.63) is 71.5 Å². The van der Waals surface area contributed by atoms with Crippen LogP contribution in [0.25, 0.3) is 0 Å². The molecule has 5 nitrogen and oxygen atoms in total. The van der Waals surface area contributed by atoms with Crippen LogP contribution >= 0.6 is 0 Å². The van der Waals surface area contributed by atoms with Crippen molar-refractivity contribution in [1.82, 2.24) is 14.8 Å². The molecule has 0 amide bonds. The fourth-order valence-electron chi connectivity index (χ4n) is 3.06. The van der Waals surface area contributed by atoms with Gasteiger partial charge in [0, 0.05) is 0 Å². The van der Waals surface area contributed by atoms with Crippen LogP contribution in [0.2, 0.25) is 0 Å². The third-order valence-corrected chi connectivity index (χ3v) is 4.16. The van der Waals surface area contributed by atoms with Gasteiger partial charge in [-0.3, -0.25) is 0 Å². The van der Waals surface area contributed by atoms with E-state index in [0.717, 1.165) is 12.0 Å². The van der Waals surface area contributed by atoms with Crippen molar-refractivity contribution in [2.45, 2.75) is 18.5 Å². The Labute approximate surface area is 133 Å². The van der Waals surface area contributed by atoms with Crippen LogP contribution in [0.4, 0.5) is 16.3 Å². The number of rotatable bonds is 2. The first-order chi connectivity index (χ1) is 11.2. The van der Waals surface area contributed by atoms with Crippen molar-refractivity contribution in [3.63, 3.8) is 0 Å². The second-order valence-electron chi connectivity index (χ2n) is 5.65. The Morgan fingerprint density at radius 3 is 2.52 bits per heavy atom. The number of anilines is 2. The van der Waals surface area contributed by atoms with Gasteiger partial charge in [0.25, 0.3) is 0 Å². The summed E-state index contributed by atoms with van der Waals surface area (Å²) in [7, 11) is 0. The highest BCUT2D eigenvalue weighted by atomic mass is 19.1. The van der Waals surface area contributed by atoms with Crippen LogP contribution in [-0.4, -0.2) is 14.8 Å². The number of benzene rings is 2. The monoisotopic (exact) mass is 309 g/mol. The summed E-state index contributed by atoms with van der Waals surface area (Å²) >= 11 is 0. The van der Waals surface area contributed by atoms with Gasteiger partial charge in [-0.15, -0.1) is 5.10 Å². The highest BCUT2D eigenvalue weighted by Crippen LogP contribution is 2.37. The van der Waals surface area contributed by atoms with Crippen LogP contribution in [0, 0.1) is 5.82 Å². The van der Waals surface area contributed by atoms with Gasteiger partial charge in [-0.1, -0.05) is 42.5 Å². The minimum atomic E-state index is -0.249. The van der Waals surface area contributed by atoms with E-state index >= 15 is 0 Å². The number of nitrogens with zero attached hydrogens (tertiary/aromatic N) is 3. The van der Waals surface area contributed by atoms with Gasteiger partial charge in [0.2, 0.25) is 11.9 Å². The lowest BCUT2D eigenvalue weighted by molar-refractivity contribution is 0.431. The number of hydrogen-bond donors (Lipinski definition) is 2. The highest BCUT2D eigenvalue weighted by Gasteiger charge is 2.30. The number of fused-ring (bicyclic) bond motifs is 1. The summed E-state index contributed by atoms with van der Waals surface area (Å²) in [5.41, 5.74) is 7.92. The Balaban J connectivity index is 1.76. The van der Waals surface area contributed by atoms with Crippen LogP contribution in [0.3, 0.4) is 0 Å². The standard InChI is InChI=1S/C17H16FN5/c18-13-8-6-12(7-9-13)15-10-14(11-4-2-1-3-5-11)20-17-21-16(19)22-23(15)17/h1-9,14-15H,10H2,(H3,19,20,21,22)/t14-,15-/m0/s1. The van der Waals surface area contributed by atoms with E-state index in [0.29, 0.717) is 5.95 Å². The Morgan fingerprint density at radius 2 is 1.78 bits per heavy atom.